The number of benzene rings is 1. The molecule has 0 saturated heterocycles. The summed E-state index contributed by atoms with van der Waals surface area (Å²) >= 11 is 0. The van der Waals surface area contributed by atoms with Gasteiger partial charge in [-0.1, -0.05) is 6.07 Å². The zero-order valence-corrected chi connectivity index (χ0v) is 13.0. The van der Waals surface area contributed by atoms with Crippen molar-refractivity contribution in [2.24, 2.45) is 5.92 Å². The summed E-state index contributed by atoms with van der Waals surface area (Å²) in [4.78, 5) is 24.3. The summed E-state index contributed by atoms with van der Waals surface area (Å²) in [6, 6.07) is 4.86. The first kappa shape index (κ1) is 16.6. The fraction of sp³-hybridized carbons (Fsp3) is 0.500. The van der Waals surface area contributed by atoms with Gasteiger partial charge in [-0.15, -0.1) is 0 Å². The second-order valence-corrected chi connectivity index (χ2v) is 6.35. The molecule has 1 fully saturated rings. The lowest BCUT2D eigenvalue weighted by molar-refractivity contribution is -0.145. The summed E-state index contributed by atoms with van der Waals surface area (Å²) in [5.74, 6) is -1.21. The number of anilines is 1. The van der Waals surface area contributed by atoms with Crippen molar-refractivity contribution >= 4 is 17.7 Å². The first-order chi connectivity index (χ1) is 11.4. The zero-order chi connectivity index (χ0) is 17.3. The van der Waals surface area contributed by atoms with Crippen molar-refractivity contribution in [3.8, 4) is 0 Å². The molecule has 1 aromatic carbocycles. The van der Waals surface area contributed by atoms with Crippen molar-refractivity contribution in [2.75, 3.05) is 11.9 Å². The van der Waals surface area contributed by atoms with Gasteiger partial charge in [-0.3, -0.25) is 9.69 Å². The predicted octanol–water partition coefficient (Wildman–Crippen LogP) is 2.25. The third-order valence-electron chi connectivity index (χ3n) is 4.47. The number of aliphatic carboxylic acids is 1. The minimum atomic E-state index is -2.36. The topological polar surface area (TPSA) is 81.7 Å². The Labute approximate surface area is 137 Å². The quantitative estimate of drug-likeness (QED) is 0.768. The molecule has 1 heterocycles. The molecule has 3 rings (SSSR count). The standard InChI is InChI=1S/C16H19F2N3O3/c17-14(18)8-21-6-9-1-2-12(5-11(9)7-21)19-16(24)20-13-3-10(4-13)15(22)23/h1-2,5,10,13-14H,3-4,6-8H2,(H,22,23)(H2,19,20,24). The van der Waals surface area contributed by atoms with Crippen molar-refractivity contribution in [1.29, 1.82) is 0 Å². The summed E-state index contributed by atoms with van der Waals surface area (Å²) < 4.78 is 24.9. The highest BCUT2D eigenvalue weighted by atomic mass is 19.3. The SMILES string of the molecule is O=C(Nc1ccc2c(c1)CN(CC(F)F)C2)NC1CC(C(=O)O)C1. The summed E-state index contributed by atoms with van der Waals surface area (Å²) in [5.41, 5.74) is 2.52. The van der Waals surface area contributed by atoms with Crippen LogP contribution in [0.5, 0.6) is 0 Å². The van der Waals surface area contributed by atoms with E-state index >= 15 is 0 Å². The number of carbonyl (C=O) groups is 2. The first-order valence-electron chi connectivity index (χ1n) is 7.83. The second kappa shape index (κ2) is 6.72. The molecular weight excluding hydrogens is 320 g/mol. The molecule has 0 bridgehead atoms. The Balaban J connectivity index is 1.50. The molecule has 1 aromatic rings. The molecular formula is C16H19F2N3O3. The van der Waals surface area contributed by atoms with Crippen molar-refractivity contribution < 1.29 is 23.5 Å². The van der Waals surface area contributed by atoms with Crippen LogP contribution >= 0.6 is 0 Å². The van der Waals surface area contributed by atoms with E-state index in [1.807, 2.05) is 6.07 Å². The Morgan fingerprint density at radius 3 is 2.62 bits per heavy atom. The van der Waals surface area contributed by atoms with Gasteiger partial charge in [0.05, 0.1) is 12.5 Å². The minimum Gasteiger partial charge on any atom is -0.481 e. The highest BCUT2D eigenvalue weighted by Crippen LogP contribution is 2.28. The van der Waals surface area contributed by atoms with E-state index in [4.69, 9.17) is 5.11 Å². The van der Waals surface area contributed by atoms with Gasteiger partial charge in [-0.2, -0.15) is 0 Å². The van der Waals surface area contributed by atoms with Crippen molar-refractivity contribution in [2.45, 2.75) is 38.4 Å². The summed E-state index contributed by atoms with van der Waals surface area (Å²) in [5, 5.41) is 14.2. The van der Waals surface area contributed by atoms with Crippen molar-refractivity contribution in [3.05, 3.63) is 29.3 Å². The van der Waals surface area contributed by atoms with Crippen LogP contribution in [0.25, 0.3) is 0 Å². The summed E-state index contributed by atoms with van der Waals surface area (Å²) in [7, 11) is 0. The molecule has 8 heteroatoms. The van der Waals surface area contributed by atoms with E-state index in [-0.39, 0.29) is 24.5 Å². The van der Waals surface area contributed by atoms with E-state index in [2.05, 4.69) is 10.6 Å². The lowest BCUT2D eigenvalue weighted by Gasteiger charge is -2.32. The van der Waals surface area contributed by atoms with Crippen LogP contribution in [0.3, 0.4) is 0 Å². The molecule has 130 valence electrons. The summed E-state index contributed by atoms with van der Waals surface area (Å²) in [6.45, 7) is 0.675. The van der Waals surface area contributed by atoms with E-state index in [9.17, 15) is 18.4 Å². The molecule has 24 heavy (non-hydrogen) atoms. The average Bonchev–Trinajstić information content (AvgIpc) is 2.82. The molecule has 0 radical (unpaired) electrons. The van der Waals surface area contributed by atoms with Crippen LogP contribution in [-0.2, 0) is 17.9 Å². The number of carboxylic acids is 1. The number of amides is 2. The molecule has 0 unspecified atom stereocenters. The van der Waals surface area contributed by atoms with Gasteiger partial charge in [-0.25, -0.2) is 13.6 Å². The lowest BCUT2D eigenvalue weighted by atomic mass is 9.80. The molecule has 2 aliphatic rings. The highest BCUT2D eigenvalue weighted by molar-refractivity contribution is 5.89. The van der Waals surface area contributed by atoms with Crippen LogP contribution in [0.15, 0.2) is 18.2 Å². The third kappa shape index (κ3) is 3.81. The Morgan fingerprint density at radius 2 is 1.96 bits per heavy atom. The van der Waals surface area contributed by atoms with E-state index in [0.29, 0.717) is 31.6 Å². The number of rotatable bonds is 5. The van der Waals surface area contributed by atoms with Crippen LogP contribution < -0.4 is 10.6 Å². The van der Waals surface area contributed by atoms with Crippen LogP contribution in [0.1, 0.15) is 24.0 Å². The molecule has 1 aliphatic heterocycles. The molecule has 6 nitrogen and oxygen atoms in total. The number of fused-ring (bicyclic) bond motifs is 1. The molecule has 0 aromatic heterocycles. The Morgan fingerprint density at radius 1 is 1.25 bits per heavy atom. The van der Waals surface area contributed by atoms with E-state index < -0.39 is 12.4 Å². The van der Waals surface area contributed by atoms with E-state index in [1.165, 1.54) is 0 Å². The van der Waals surface area contributed by atoms with Gasteiger partial charge < -0.3 is 15.7 Å². The number of nitrogens with one attached hydrogen (secondary N) is 2. The van der Waals surface area contributed by atoms with Crippen LogP contribution in [0, 0.1) is 5.92 Å². The van der Waals surface area contributed by atoms with Gasteiger partial charge in [-0.05, 0) is 36.1 Å². The number of carboxylic acid groups (broad SMARTS) is 1. The normalized spacial score (nSPS) is 22.8. The molecule has 1 saturated carbocycles. The number of carbonyl (C=O) groups excluding carboxylic acids is 1. The summed E-state index contributed by atoms with van der Waals surface area (Å²) in [6.07, 6.45) is -1.48. The Kier molecular flexibility index (Phi) is 4.66. The fourth-order valence-corrected chi connectivity index (χ4v) is 3.16. The van der Waals surface area contributed by atoms with Crippen molar-refractivity contribution in [1.82, 2.24) is 10.2 Å². The maximum atomic E-state index is 12.5. The molecule has 0 atom stereocenters. The average molecular weight is 339 g/mol. The van der Waals surface area contributed by atoms with Gasteiger partial charge in [0.1, 0.15) is 0 Å². The molecule has 1 aliphatic carbocycles. The number of nitrogens with zero attached hydrogens (tertiary/aromatic N) is 1. The zero-order valence-electron chi connectivity index (χ0n) is 13.0. The van der Waals surface area contributed by atoms with Gasteiger partial charge in [0.25, 0.3) is 6.43 Å². The van der Waals surface area contributed by atoms with Gasteiger partial charge in [0.15, 0.2) is 0 Å². The van der Waals surface area contributed by atoms with Crippen LogP contribution in [0.2, 0.25) is 0 Å². The van der Waals surface area contributed by atoms with Crippen LogP contribution in [-0.4, -0.2) is 41.0 Å². The smallest absolute Gasteiger partial charge is 0.319 e. The number of hydrogen-bond donors (Lipinski definition) is 3. The number of hydrogen-bond acceptors (Lipinski definition) is 3. The number of alkyl halides is 2. The predicted molar refractivity (Wildman–Crippen MR) is 82.9 cm³/mol. The number of urea groups is 1. The Bertz CT molecular complexity index is 647. The fourth-order valence-electron chi connectivity index (χ4n) is 3.16. The largest absolute Gasteiger partial charge is 0.481 e. The lowest BCUT2D eigenvalue weighted by Crippen LogP contribution is -2.48. The first-order valence-corrected chi connectivity index (χ1v) is 7.83. The highest BCUT2D eigenvalue weighted by Gasteiger charge is 2.35. The third-order valence-corrected chi connectivity index (χ3v) is 4.47. The van der Waals surface area contributed by atoms with Gasteiger partial charge >= 0.3 is 12.0 Å². The van der Waals surface area contributed by atoms with Gasteiger partial charge in [0.2, 0.25) is 0 Å². The molecule has 3 N–H and O–H groups in total. The van der Waals surface area contributed by atoms with E-state index in [1.54, 1.807) is 17.0 Å². The Hall–Kier alpha value is -2.22. The van der Waals surface area contributed by atoms with E-state index in [0.717, 1.165) is 11.1 Å². The molecule has 0 spiro atoms. The maximum absolute atomic E-state index is 12.5. The minimum absolute atomic E-state index is 0.123. The monoisotopic (exact) mass is 339 g/mol. The maximum Gasteiger partial charge on any atom is 0.319 e. The number of halogens is 2. The van der Waals surface area contributed by atoms with Crippen LogP contribution in [0.4, 0.5) is 19.3 Å². The molecule has 2 amide bonds. The second-order valence-electron chi connectivity index (χ2n) is 6.35. The van der Waals surface area contributed by atoms with Gasteiger partial charge in [0, 0.05) is 24.8 Å². The van der Waals surface area contributed by atoms with Crippen molar-refractivity contribution in [3.63, 3.8) is 0 Å².